The largest absolute Gasteiger partial charge is 0.515 e. The lowest BCUT2D eigenvalue weighted by Crippen LogP contribution is -1.99. The molecule has 2 unspecified atom stereocenters. The summed E-state index contributed by atoms with van der Waals surface area (Å²) in [5, 5.41) is 8.79. The quantitative estimate of drug-likeness (QED) is 0.597. The molecule has 0 aromatic heterocycles. The topological polar surface area (TPSA) is 46.5 Å². The van der Waals surface area contributed by atoms with Gasteiger partial charge >= 0.3 is 8.03 Å². The molecule has 0 saturated heterocycles. The van der Waals surface area contributed by atoms with Crippen molar-refractivity contribution in [2.75, 3.05) is 0 Å². The van der Waals surface area contributed by atoms with Gasteiger partial charge in [0.15, 0.2) is 0 Å². The summed E-state index contributed by atoms with van der Waals surface area (Å²) in [6, 6.07) is 9.39. The summed E-state index contributed by atoms with van der Waals surface area (Å²) >= 11 is 0. The Morgan fingerprint density at radius 2 is 2.08 bits per heavy atom. The Kier molecular flexibility index (Phi) is 4.03. The number of hydrogen-bond acceptors (Lipinski definition) is 3. The van der Waals surface area contributed by atoms with E-state index in [4.69, 9.17) is 9.63 Å². The lowest BCUT2D eigenvalue weighted by Gasteiger charge is -1.93. The summed E-state index contributed by atoms with van der Waals surface area (Å²) < 4.78 is 15.9. The average molecular weight is 199 g/mol. The fraction of sp³-hybridized carbons (Fsp3) is 0.333. The molecule has 0 spiro atoms. The molecule has 0 heterocycles. The maximum absolute atomic E-state index is 11.2. The van der Waals surface area contributed by atoms with E-state index in [1.54, 1.807) is 0 Å². The van der Waals surface area contributed by atoms with Gasteiger partial charge in [-0.2, -0.15) is 0 Å². The molecule has 0 radical (unpaired) electrons. The molecule has 1 aromatic carbocycles. The van der Waals surface area contributed by atoms with E-state index in [-0.39, 0.29) is 0 Å². The Bertz CT molecular complexity index is 271. The molecule has 0 aliphatic rings. The van der Waals surface area contributed by atoms with Crippen LogP contribution in [-0.2, 0) is 15.3 Å². The molecule has 0 aliphatic carbocycles. The first-order valence-electron chi connectivity index (χ1n) is 4.02. The molecular formula is C9H12O3P+. The second kappa shape index (κ2) is 5.07. The molecule has 2 atom stereocenters. The zero-order valence-corrected chi connectivity index (χ0v) is 8.28. The molecular weight excluding hydrogens is 187 g/mol. The summed E-state index contributed by atoms with van der Waals surface area (Å²) in [4.78, 5) is 0. The van der Waals surface area contributed by atoms with Gasteiger partial charge in [-0.05, 0) is 11.5 Å². The Morgan fingerprint density at radius 3 is 2.62 bits per heavy atom. The van der Waals surface area contributed by atoms with Crippen molar-refractivity contribution in [3.05, 3.63) is 35.9 Å². The van der Waals surface area contributed by atoms with Crippen molar-refractivity contribution in [1.82, 2.24) is 0 Å². The predicted molar refractivity (Wildman–Crippen MR) is 50.5 cm³/mol. The molecule has 4 heteroatoms. The molecule has 1 rings (SSSR count). The minimum absolute atomic E-state index is 0.348. The van der Waals surface area contributed by atoms with Gasteiger partial charge in [-0.1, -0.05) is 30.3 Å². The first-order valence-corrected chi connectivity index (χ1v) is 5.38. The van der Waals surface area contributed by atoms with Gasteiger partial charge in [-0.25, -0.2) is 0 Å². The fourth-order valence-corrected chi connectivity index (χ4v) is 1.86. The second-order valence-corrected chi connectivity index (χ2v) is 3.87. The van der Waals surface area contributed by atoms with Crippen LogP contribution < -0.4 is 0 Å². The molecule has 0 amide bonds. The molecule has 0 aliphatic heterocycles. The number of aliphatic hydroxyl groups excluding tert-OH is 1. The van der Waals surface area contributed by atoms with Crippen LogP contribution >= 0.6 is 8.03 Å². The van der Waals surface area contributed by atoms with Gasteiger partial charge in [-0.15, -0.1) is 4.52 Å². The Hall–Kier alpha value is -0.760. The van der Waals surface area contributed by atoms with Crippen LogP contribution in [-0.4, -0.2) is 11.4 Å². The van der Waals surface area contributed by atoms with Crippen LogP contribution in [0.25, 0.3) is 0 Å². The minimum Gasteiger partial charge on any atom is -0.364 e. The third-order valence-electron chi connectivity index (χ3n) is 1.42. The Morgan fingerprint density at radius 1 is 1.46 bits per heavy atom. The van der Waals surface area contributed by atoms with Crippen LogP contribution in [0.2, 0.25) is 0 Å². The van der Waals surface area contributed by atoms with Gasteiger partial charge in [0.05, 0.1) is 0 Å². The molecule has 0 saturated carbocycles. The van der Waals surface area contributed by atoms with Crippen molar-refractivity contribution in [2.24, 2.45) is 0 Å². The van der Waals surface area contributed by atoms with Crippen LogP contribution in [0.4, 0.5) is 0 Å². The van der Waals surface area contributed by atoms with Crippen molar-refractivity contribution in [3.63, 3.8) is 0 Å². The van der Waals surface area contributed by atoms with Crippen LogP contribution in [0.5, 0.6) is 0 Å². The van der Waals surface area contributed by atoms with E-state index in [1.807, 2.05) is 30.3 Å². The van der Waals surface area contributed by atoms with Crippen molar-refractivity contribution in [3.8, 4) is 0 Å². The molecule has 0 bridgehead atoms. The van der Waals surface area contributed by atoms with Gasteiger partial charge in [-0.3, -0.25) is 0 Å². The highest BCUT2D eigenvalue weighted by molar-refractivity contribution is 7.38. The second-order valence-electron chi connectivity index (χ2n) is 2.68. The van der Waals surface area contributed by atoms with E-state index >= 15 is 0 Å². The van der Waals surface area contributed by atoms with E-state index < -0.39 is 14.3 Å². The molecule has 1 N–H and O–H groups in total. The molecule has 0 fully saturated rings. The molecule has 70 valence electrons. The first-order chi connectivity index (χ1) is 6.18. The average Bonchev–Trinajstić information content (AvgIpc) is 2.04. The summed E-state index contributed by atoms with van der Waals surface area (Å²) in [7, 11) is -1.80. The lowest BCUT2D eigenvalue weighted by atomic mass is 10.2. The summed E-state index contributed by atoms with van der Waals surface area (Å²) in [5.41, 5.74) is 0.948. The number of benzene rings is 1. The summed E-state index contributed by atoms with van der Waals surface area (Å²) in [6.45, 7) is 1.44. The van der Waals surface area contributed by atoms with Crippen LogP contribution in [0.3, 0.4) is 0 Å². The van der Waals surface area contributed by atoms with Gasteiger partial charge < -0.3 is 5.11 Å². The standard InChI is InChI=1S/C9H12O3P/c1-8(10)12-13(11)7-9-5-3-2-4-6-9/h2-6,8,10H,7H2,1H3/q+1. The van der Waals surface area contributed by atoms with Gasteiger partial charge in [0.25, 0.3) is 0 Å². The normalized spacial score (nSPS) is 13.8. The van der Waals surface area contributed by atoms with Crippen molar-refractivity contribution in [2.45, 2.75) is 19.4 Å². The van der Waals surface area contributed by atoms with Crippen molar-refractivity contribution < 1.29 is 14.2 Å². The van der Waals surface area contributed by atoms with Gasteiger partial charge in [0.2, 0.25) is 12.5 Å². The zero-order chi connectivity index (χ0) is 9.68. The van der Waals surface area contributed by atoms with Crippen LogP contribution in [0.1, 0.15) is 12.5 Å². The predicted octanol–water partition coefficient (Wildman–Crippen LogP) is 2.28. The number of aliphatic hydroxyl groups is 1. The number of hydrogen-bond donors (Lipinski definition) is 1. The maximum atomic E-state index is 11.2. The minimum atomic E-state index is -1.80. The van der Waals surface area contributed by atoms with E-state index in [1.165, 1.54) is 6.92 Å². The highest BCUT2D eigenvalue weighted by atomic mass is 31.1. The SMILES string of the molecule is CC(O)O[P+](=O)Cc1ccccc1. The van der Waals surface area contributed by atoms with E-state index in [0.29, 0.717) is 6.16 Å². The van der Waals surface area contributed by atoms with E-state index in [2.05, 4.69) is 0 Å². The molecule has 13 heavy (non-hydrogen) atoms. The number of rotatable bonds is 4. The monoisotopic (exact) mass is 199 g/mol. The summed E-state index contributed by atoms with van der Waals surface area (Å²) in [5.74, 6) is 0. The molecule has 3 nitrogen and oxygen atoms in total. The van der Waals surface area contributed by atoms with Gasteiger partial charge in [0, 0.05) is 5.56 Å². The highest BCUT2D eigenvalue weighted by Crippen LogP contribution is 2.28. The highest BCUT2D eigenvalue weighted by Gasteiger charge is 2.20. The zero-order valence-electron chi connectivity index (χ0n) is 7.38. The van der Waals surface area contributed by atoms with E-state index in [0.717, 1.165) is 5.56 Å². The lowest BCUT2D eigenvalue weighted by molar-refractivity contribution is 0.00622. The Labute approximate surface area is 78.2 Å². The van der Waals surface area contributed by atoms with Crippen LogP contribution in [0, 0.1) is 0 Å². The van der Waals surface area contributed by atoms with E-state index in [9.17, 15) is 4.57 Å². The fourth-order valence-electron chi connectivity index (χ4n) is 0.940. The third kappa shape index (κ3) is 4.13. The Balaban J connectivity index is 2.46. The van der Waals surface area contributed by atoms with Crippen LogP contribution in [0.15, 0.2) is 30.3 Å². The summed E-state index contributed by atoms with van der Waals surface area (Å²) in [6.07, 6.45) is -0.617. The van der Waals surface area contributed by atoms with Gasteiger partial charge in [0.1, 0.15) is 0 Å². The third-order valence-corrected chi connectivity index (χ3v) is 2.59. The van der Waals surface area contributed by atoms with Crippen molar-refractivity contribution >= 4 is 8.03 Å². The smallest absolute Gasteiger partial charge is 0.364 e. The first kappa shape index (κ1) is 10.3. The van der Waals surface area contributed by atoms with Crippen molar-refractivity contribution in [1.29, 1.82) is 0 Å². The maximum Gasteiger partial charge on any atom is 0.515 e. The molecule has 1 aromatic rings.